The Kier molecular flexibility index (Phi) is 5.20. The minimum atomic E-state index is -0.880. The van der Waals surface area contributed by atoms with Crippen LogP contribution >= 0.6 is 23.2 Å². The maximum atomic E-state index is 12.1. The highest BCUT2D eigenvalue weighted by Crippen LogP contribution is 2.45. The Morgan fingerprint density at radius 2 is 1.93 bits per heavy atom. The third kappa shape index (κ3) is 3.75. The fourth-order valence-electron chi connectivity index (χ4n) is 2.89. The molecule has 0 saturated heterocycles. The molecule has 0 atom stereocenters. The van der Waals surface area contributed by atoms with Gasteiger partial charge in [-0.05, 0) is 37.0 Å². The van der Waals surface area contributed by atoms with Gasteiger partial charge in [-0.15, -0.1) is 5.10 Å². The molecular weight excluding hydrogens is 433 g/mol. The molecule has 1 saturated carbocycles. The molecule has 0 aliphatic heterocycles. The Morgan fingerprint density at radius 3 is 2.53 bits per heavy atom. The van der Waals surface area contributed by atoms with E-state index in [4.69, 9.17) is 37.9 Å². The van der Waals surface area contributed by atoms with Crippen LogP contribution in [0.1, 0.15) is 30.0 Å². The molecule has 0 bridgehead atoms. The summed E-state index contributed by atoms with van der Waals surface area (Å²) >= 11 is 12.7. The molecule has 0 radical (unpaired) electrons. The van der Waals surface area contributed by atoms with Crippen molar-refractivity contribution in [2.24, 2.45) is 0 Å². The molecule has 3 aromatic rings. The Bertz CT molecular complexity index is 1280. The van der Waals surface area contributed by atoms with Gasteiger partial charge in [0.25, 0.3) is 5.56 Å². The average Bonchev–Trinajstić information content (AvgIpc) is 3.56. The fraction of sp³-hybridized carbons (Fsp3) is 0.211. The second kappa shape index (κ2) is 7.82. The van der Waals surface area contributed by atoms with Crippen molar-refractivity contribution in [1.82, 2.24) is 19.7 Å². The zero-order valence-electron chi connectivity index (χ0n) is 15.5. The zero-order chi connectivity index (χ0) is 21.4. The van der Waals surface area contributed by atoms with E-state index in [0.29, 0.717) is 17.5 Å². The van der Waals surface area contributed by atoms with Crippen LogP contribution in [0.2, 0.25) is 10.0 Å². The van der Waals surface area contributed by atoms with Gasteiger partial charge in [0.1, 0.15) is 11.8 Å². The van der Waals surface area contributed by atoms with Crippen LogP contribution in [0, 0.1) is 11.3 Å². The summed E-state index contributed by atoms with van der Waals surface area (Å²) in [7, 11) is 1.56. The number of nitrogens with zero attached hydrogens (tertiary/aromatic N) is 4. The lowest BCUT2D eigenvalue weighted by Gasteiger charge is -2.13. The second-order valence-electron chi connectivity index (χ2n) is 6.52. The lowest BCUT2D eigenvalue weighted by atomic mass is 10.2. The van der Waals surface area contributed by atoms with E-state index < -0.39 is 16.9 Å². The van der Waals surface area contributed by atoms with Crippen molar-refractivity contribution in [3.8, 4) is 29.1 Å². The summed E-state index contributed by atoms with van der Waals surface area (Å²) in [4.78, 5) is 29.9. The van der Waals surface area contributed by atoms with Gasteiger partial charge in [0.15, 0.2) is 5.75 Å². The van der Waals surface area contributed by atoms with Crippen LogP contribution in [0.25, 0.3) is 5.69 Å². The SMILES string of the molecule is COc1ncc(Oc2c(Cl)cc(-n3nc(C#N)c(=O)[nH]c3=O)cc2Cl)cc1C1CC1. The van der Waals surface area contributed by atoms with Crippen molar-refractivity contribution >= 4 is 23.2 Å². The predicted molar refractivity (Wildman–Crippen MR) is 108 cm³/mol. The van der Waals surface area contributed by atoms with E-state index >= 15 is 0 Å². The number of benzene rings is 1. The summed E-state index contributed by atoms with van der Waals surface area (Å²) in [6.07, 6.45) is 3.62. The van der Waals surface area contributed by atoms with Gasteiger partial charge in [-0.2, -0.15) is 9.94 Å². The summed E-state index contributed by atoms with van der Waals surface area (Å²) in [6, 6.07) is 6.21. The highest BCUT2D eigenvalue weighted by molar-refractivity contribution is 6.37. The summed E-state index contributed by atoms with van der Waals surface area (Å²) in [6.45, 7) is 0. The third-order valence-electron chi connectivity index (χ3n) is 4.45. The molecule has 30 heavy (non-hydrogen) atoms. The number of H-pyrrole nitrogens is 1. The standard InChI is InChI=1S/C19H13Cl2N5O4/c1-29-18-12(9-2-3-9)6-11(8-23-18)30-16-13(20)4-10(5-14(16)21)26-19(28)24-17(27)15(7-22)25-26/h4-6,8-9H,2-3H2,1H3,(H,24,27,28). The molecule has 0 amide bonds. The lowest BCUT2D eigenvalue weighted by Crippen LogP contribution is -2.33. The molecule has 11 heteroatoms. The Hall–Kier alpha value is -3.35. The third-order valence-corrected chi connectivity index (χ3v) is 5.01. The number of aromatic nitrogens is 4. The van der Waals surface area contributed by atoms with E-state index in [1.807, 2.05) is 11.1 Å². The highest BCUT2D eigenvalue weighted by Gasteiger charge is 2.28. The van der Waals surface area contributed by atoms with E-state index in [1.54, 1.807) is 13.2 Å². The van der Waals surface area contributed by atoms with E-state index in [-0.39, 0.29) is 21.5 Å². The van der Waals surface area contributed by atoms with Gasteiger partial charge in [0.05, 0.1) is 29.0 Å². The summed E-state index contributed by atoms with van der Waals surface area (Å²) < 4.78 is 12.0. The van der Waals surface area contributed by atoms with E-state index in [2.05, 4.69) is 10.1 Å². The molecule has 152 valence electrons. The van der Waals surface area contributed by atoms with Crippen molar-refractivity contribution in [3.63, 3.8) is 0 Å². The van der Waals surface area contributed by atoms with Crippen molar-refractivity contribution in [2.45, 2.75) is 18.8 Å². The van der Waals surface area contributed by atoms with Crippen LogP contribution in [-0.2, 0) is 0 Å². The number of halogens is 2. The van der Waals surface area contributed by atoms with Crippen molar-refractivity contribution < 1.29 is 9.47 Å². The molecule has 0 unspecified atom stereocenters. The summed E-state index contributed by atoms with van der Waals surface area (Å²) in [5, 5.41) is 12.9. The molecule has 4 rings (SSSR count). The normalized spacial score (nSPS) is 13.0. The van der Waals surface area contributed by atoms with Crippen molar-refractivity contribution in [3.05, 3.63) is 66.5 Å². The number of aromatic amines is 1. The number of nitriles is 1. The summed E-state index contributed by atoms with van der Waals surface area (Å²) in [5.74, 6) is 1.53. The first-order chi connectivity index (χ1) is 14.4. The minimum absolute atomic E-state index is 0.0969. The van der Waals surface area contributed by atoms with E-state index in [9.17, 15) is 9.59 Å². The van der Waals surface area contributed by atoms with Crippen LogP contribution in [0.15, 0.2) is 34.0 Å². The highest BCUT2D eigenvalue weighted by atomic mass is 35.5. The first kappa shape index (κ1) is 19.9. The molecule has 9 nitrogen and oxygen atoms in total. The first-order valence-electron chi connectivity index (χ1n) is 8.76. The number of nitrogens with one attached hydrogen (secondary N) is 1. The monoisotopic (exact) mass is 445 g/mol. The second-order valence-corrected chi connectivity index (χ2v) is 7.33. The quantitative estimate of drug-likeness (QED) is 0.639. The number of rotatable bonds is 5. The fourth-order valence-corrected chi connectivity index (χ4v) is 3.45. The van der Waals surface area contributed by atoms with E-state index in [0.717, 1.165) is 23.1 Å². The summed E-state index contributed by atoms with van der Waals surface area (Å²) in [5.41, 5.74) is -1.09. The number of methoxy groups -OCH3 is 1. The first-order valence-corrected chi connectivity index (χ1v) is 9.51. The maximum Gasteiger partial charge on any atom is 0.349 e. The maximum absolute atomic E-state index is 12.1. The molecule has 1 N–H and O–H groups in total. The lowest BCUT2D eigenvalue weighted by molar-refractivity contribution is 0.389. The Labute approximate surface area is 179 Å². The van der Waals surface area contributed by atoms with Crippen LogP contribution in [0.3, 0.4) is 0 Å². The zero-order valence-corrected chi connectivity index (χ0v) is 17.0. The number of hydrogen-bond acceptors (Lipinski definition) is 7. The Morgan fingerprint density at radius 1 is 1.23 bits per heavy atom. The van der Waals surface area contributed by atoms with Crippen molar-refractivity contribution in [2.75, 3.05) is 7.11 Å². The van der Waals surface area contributed by atoms with Gasteiger partial charge >= 0.3 is 5.69 Å². The molecular formula is C19H13Cl2N5O4. The van der Waals surface area contributed by atoms with Crippen LogP contribution in [0.4, 0.5) is 0 Å². The molecule has 1 aliphatic carbocycles. The smallest absolute Gasteiger partial charge is 0.349 e. The number of hydrogen-bond donors (Lipinski definition) is 1. The van der Waals surface area contributed by atoms with Gasteiger partial charge in [-0.3, -0.25) is 9.78 Å². The minimum Gasteiger partial charge on any atom is -0.481 e. The molecule has 0 spiro atoms. The average molecular weight is 446 g/mol. The predicted octanol–water partition coefficient (Wildman–Crippen LogP) is 3.17. The number of ether oxygens (including phenoxy) is 2. The van der Waals surface area contributed by atoms with Gasteiger partial charge < -0.3 is 9.47 Å². The largest absolute Gasteiger partial charge is 0.481 e. The van der Waals surface area contributed by atoms with Crippen LogP contribution in [0.5, 0.6) is 17.4 Å². The molecule has 1 aliphatic rings. The van der Waals surface area contributed by atoms with Crippen molar-refractivity contribution in [1.29, 1.82) is 5.26 Å². The van der Waals surface area contributed by atoms with E-state index in [1.165, 1.54) is 18.3 Å². The van der Waals surface area contributed by atoms with Gasteiger partial charge in [-0.1, -0.05) is 23.2 Å². The molecule has 1 fully saturated rings. The van der Waals surface area contributed by atoms with Crippen LogP contribution in [-0.4, -0.2) is 26.9 Å². The van der Waals surface area contributed by atoms with Gasteiger partial charge in [0.2, 0.25) is 11.6 Å². The molecule has 1 aromatic carbocycles. The Balaban J connectivity index is 1.71. The van der Waals surface area contributed by atoms with Gasteiger partial charge in [-0.25, -0.2) is 9.78 Å². The molecule has 2 heterocycles. The molecule has 2 aromatic heterocycles. The number of pyridine rings is 1. The van der Waals surface area contributed by atoms with Gasteiger partial charge in [0, 0.05) is 5.56 Å². The topological polar surface area (TPSA) is 123 Å². The van der Waals surface area contributed by atoms with Crippen LogP contribution < -0.4 is 20.7 Å².